The molecule has 0 saturated carbocycles. The number of hydrogen-bond donors (Lipinski definition) is 0. The van der Waals surface area contributed by atoms with Crippen molar-refractivity contribution in [3.63, 3.8) is 0 Å². The normalized spacial score (nSPS) is 17.2. The minimum Gasteiger partial charge on any atom is -0.497 e. The average Bonchev–Trinajstić information content (AvgIpc) is 3.19. The molecular weight excluding hydrogens is 328 g/mol. The van der Waals surface area contributed by atoms with Gasteiger partial charge in [0.05, 0.1) is 19.9 Å². The van der Waals surface area contributed by atoms with Gasteiger partial charge in [-0.15, -0.1) is 0 Å². The van der Waals surface area contributed by atoms with E-state index in [4.69, 9.17) is 9.47 Å². The largest absolute Gasteiger partial charge is 0.497 e. The molecule has 2 heterocycles. The molecule has 1 aromatic heterocycles. The molecule has 1 amide bonds. The summed E-state index contributed by atoms with van der Waals surface area (Å²) < 4.78 is 14.8. The molecule has 8 heteroatoms. The van der Waals surface area contributed by atoms with E-state index in [-0.39, 0.29) is 11.9 Å². The number of ether oxygens (including phenoxy) is 2. The van der Waals surface area contributed by atoms with E-state index >= 15 is 0 Å². The van der Waals surface area contributed by atoms with Crippen LogP contribution in [0, 0.1) is 6.92 Å². The van der Waals surface area contributed by atoms with Crippen molar-refractivity contribution in [1.29, 1.82) is 0 Å². The Morgan fingerprint density at radius 2 is 1.92 bits per heavy atom. The Kier molecular flexibility index (Phi) is 4.57. The van der Waals surface area contributed by atoms with E-state index in [1.807, 2.05) is 31.0 Å². The molecule has 1 atom stereocenters. The summed E-state index contributed by atoms with van der Waals surface area (Å²) >= 11 is 1.31. The standard InChI is InChI=1S/C16H20N4O3S/c1-10-17-16(24-18-10)19(2)14-5-6-20(15(14)21)11-7-12(22-3)9-13(8-11)23-4/h7-9,14H,5-6H2,1-4H3/t14-/m1/s1. The average molecular weight is 348 g/mol. The summed E-state index contributed by atoms with van der Waals surface area (Å²) in [6.45, 7) is 2.49. The monoisotopic (exact) mass is 348 g/mol. The molecule has 0 bridgehead atoms. The van der Waals surface area contributed by atoms with Crippen LogP contribution in [0.4, 0.5) is 10.8 Å². The van der Waals surface area contributed by atoms with Gasteiger partial charge >= 0.3 is 0 Å². The molecule has 0 spiro atoms. The molecule has 1 aliphatic rings. The molecule has 1 saturated heterocycles. The van der Waals surface area contributed by atoms with Crippen molar-refractivity contribution >= 4 is 28.3 Å². The first-order valence-corrected chi connectivity index (χ1v) is 8.38. The maximum atomic E-state index is 12.9. The van der Waals surface area contributed by atoms with Gasteiger partial charge in [-0.25, -0.2) is 4.98 Å². The predicted molar refractivity (Wildman–Crippen MR) is 93.4 cm³/mol. The Hall–Kier alpha value is -2.35. The number of carbonyl (C=O) groups is 1. The predicted octanol–water partition coefficient (Wildman–Crippen LogP) is 2.11. The molecule has 1 aliphatic heterocycles. The van der Waals surface area contributed by atoms with Crippen molar-refractivity contribution < 1.29 is 14.3 Å². The fourth-order valence-corrected chi connectivity index (χ4v) is 3.48. The Balaban J connectivity index is 1.83. The zero-order valence-corrected chi connectivity index (χ0v) is 15.0. The lowest BCUT2D eigenvalue weighted by molar-refractivity contribution is -0.118. The summed E-state index contributed by atoms with van der Waals surface area (Å²) in [5.74, 6) is 2.09. The van der Waals surface area contributed by atoms with Gasteiger partial charge in [0, 0.05) is 43.3 Å². The number of carbonyl (C=O) groups excluding carboxylic acids is 1. The molecule has 0 N–H and O–H groups in total. The fourth-order valence-electron chi connectivity index (χ4n) is 2.79. The summed E-state index contributed by atoms with van der Waals surface area (Å²) in [4.78, 5) is 20.9. The van der Waals surface area contributed by atoms with E-state index in [0.29, 0.717) is 18.0 Å². The number of hydrogen-bond acceptors (Lipinski definition) is 7. The van der Waals surface area contributed by atoms with Gasteiger partial charge in [-0.3, -0.25) is 4.79 Å². The van der Waals surface area contributed by atoms with E-state index in [0.717, 1.165) is 23.1 Å². The molecular formula is C16H20N4O3S. The van der Waals surface area contributed by atoms with Gasteiger partial charge in [0.25, 0.3) is 0 Å². The van der Waals surface area contributed by atoms with E-state index in [1.165, 1.54) is 11.5 Å². The number of amides is 1. The van der Waals surface area contributed by atoms with Gasteiger partial charge in [0.15, 0.2) is 0 Å². The lowest BCUT2D eigenvalue weighted by Gasteiger charge is -2.23. The second kappa shape index (κ2) is 6.64. The molecule has 0 unspecified atom stereocenters. The van der Waals surface area contributed by atoms with Crippen LogP contribution in [-0.2, 0) is 4.79 Å². The minimum atomic E-state index is -0.241. The van der Waals surface area contributed by atoms with Gasteiger partial charge in [-0.1, -0.05) is 0 Å². The zero-order valence-electron chi connectivity index (χ0n) is 14.1. The van der Waals surface area contributed by atoms with Crippen molar-refractivity contribution in [2.24, 2.45) is 0 Å². The molecule has 128 valence electrons. The zero-order chi connectivity index (χ0) is 17.3. The molecule has 0 radical (unpaired) electrons. The highest BCUT2D eigenvalue weighted by Crippen LogP contribution is 2.32. The van der Waals surface area contributed by atoms with Gasteiger partial charge in [-0.2, -0.15) is 4.37 Å². The van der Waals surface area contributed by atoms with Crippen LogP contribution in [0.3, 0.4) is 0 Å². The quantitative estimate of drug-likeness (QED) is 0.824. The number of likely N-dealkylation sites (N-methyl/N-ethyl adjacent to an activating group) is 1. The summed E-state index contributed by atoms with van der Waals surface area (Å²) in [7, 11) is 5.08. The molecule has 1 aromatic carbocycles. The van der Waals surface area contributed by atoms with Gasteiger partial charge in [0.1, 0.15) is 23.4 Å². The number of rotatable bonds is 5. The number of methoxy groups -OCH3 is 2. The minimum absolute atomic E-state index is 0.0423. The van der Waals surface area contributed by atoms with Gasteiger partial charge in [-0.05, 0) is 13.3 Å². The summed E-state index contributed by atoms with van der Waals surface area (Å²) in [6, 6.07) is 5.24. The molecule has 3 rings (SSSR count). The summed E-state index contributed by atoms with van der Waals surface area (Å²) in [6.07, 6.45) is 0.730. The van der Waals surface area contributed by atoms with Crippen molar-refractivity contribution in [2.45, 2.75) is 19.4 Å². The lowest BCUT2D eigenvalue weighted by atomic mass is 10.2. The Morgan fingerprint density at radius 1 is 1.25 bits per heavy atom. The molecule has 2 aromatic rings. The molecule has 24 heavy (non-hydrogen) atoms. The van der Waals surface area contributed by atoms with Crippen LogP contribution in [0.5, 0.6) is 11.5 Å². The Bertz CT molecular complexity index is 726. The van der Waals surface area contributed by atoms with Crippen molar-refractivity contribution in [1.82, 2.24) is 9.36 Å². The lowest BCUT2D eigenvalue weighted by Crippen LogP contribution is -2.39. The SMILES string of the molecule is COc1cc(OC)cc(N2CC[C@@H](N(C)c3nc(C)ns3)C2=O)c1. The number of nitrogens with zero attached hydrogens (tertiary/aromatic N) is 4. The summed E-state index contributed by atoms with van der Waals surface area (Å²) in [5, 5.41) is 0.760. The summed E-state index contributed by atoms with van der Waals surface area (Å²) in [5.41, 5.74) is 0.778. The highest BCUT2D eigenvalue weighted by atomic mass is 32.1. The first kappa shape index (κ1) is 16.5. The van der Waals surface area contributed by atoms with Gasteiger partial charge < -0.3 is 19.3 Å². The molecule has 1 fully saturated rings. The van der Waals surface area contributed by atoms with Crippen LogP contribution < -0.4 is 19.3 Å². The van der Waals surface area contributed by atoms with Crippen LogP contribution in [0.2, 0.25) is 0 Å². The second-order valence-corrected chi connectivity index (χ2v) is 6.33. The number of aryl methyl sites for hydroxylation is 1. The molecule has 7 nitrogen and oxygen atoms in total. The third kappa shape index (κ3) is 3.01. The van der Waals surface area contributed by atoms with E-state index in [2.05, 4.69) is 9.36 Å². The third-order valence-electron chi connectivity index (χ3n) is 4.11. The van der Waals surface area contributed by atoms with E-state index < -0.39 is 0 Å². The maximum Gasteiger partial charge on any atom is 0.249 e. The van der Waals surface area contributed by atoms with Crippen molar-refractivity contribution in [3.8, 4) is 11.5 Å². The van der Waals surface area contributed by atoms with Crippen LogP contribution in [0.15, 0.2) is 18.2 Å². The Labute approximate surface area is 145 Å². The molecule has 0 aliphatic carbocycles. The van der Waals surface area contributed by atoms with Crippen molar-refractivity contribution in [2.75, 3.05) is 37.6 Å². The third-order valence-corrected chi connectivity index (χ3v) is 5.01. The topological polar surface area (TPSA) is 67.8 Å². The highest BCUT2D eigenvalue weighted by Gasteiger charge is 2.36. The Morgan fingerprint density at radius 3 is 2.46 bits per heavy atom. The highest BCUT2D eigenvalue weighted by molar-refractivity contribution is 7.09. The van der Waals surface area contributed by atoms with E-state index in [9.17, 15) is 4.79 Å². The van der Waals surface area contributed by atoms with Gasteiger partial charge in [0.2, 0.25) is 11.0 Å². The maximum absolute atomic E-state index is 12.9. The second-order valence-electron chi connectivity index (χ2n) is 5.60. The van der Waals surface area contributed by atoms with Crippen molar-refractivity contribution in [3.05, 3.63) is 24.0 Å². The van der Waals surface area contributed by atoms with Crippen LogP contribution in [0.25, 0.3) is 0 Å². The first-order chi connectivity index (χ1) is 11.5. The number of aromatic nitrogens is 2. The number of anilines is 2. The van der Waals surface area contributed by atoms with Crippen LogP contribution in [-0.4, -0.2) is 49.1 Å². The smallest absolute Gasteiger partial charge is 0.249 e. The van der Waals surface area contributed by atoms with E-state index in [1.54, 1.807) is 25.2 Å². The first-order valence-electron chi connectivity index (χ1n) is 7.61. The van der Waals surface area contributed by atoms with Crippen LogP contribution in [0.1, 0.15) is 12.2 Å². The van der Waals surface area contributed by atoms with Crippen LogP contribution >= 0.6 is 11.5 Å². The fraction of sp³-hybridized carbons (Fsp3) is 0.438. The number of benzene rings is 1.